The van der Waals surface area contributed by atoms with Crippen LogP contribution >= 0.6 is 0 Å². The van der Waals surface area contributed by atoms with Crippen LogP contribution in [-0.4, -0.2) is 43.9 Å². The highest BCUT2D eigenvalue weighted by molar-refractivity contribution is 5.98. The number of ether oxygens (including phenoxy) is 2. The maximum Gasteiger partial charge on any atom is 0.349 e. The molecule has 0 unspecified atom stereocenters. The van der Waals surface area contributed by atoms with Gasteiger partial charge in [-0.1, -0.05) is 6.58 Å². The van der Waals surface area contributed by atoms with E-state index in [9.17, 15) is 14.7 Å². The second-order valence-corrected chi connectivity index (χ2v) is 5.48. The predicted octanol–water partition coefficient (Wildman–Crippen LogP) is 2.42. The van der Waals surface area contributed by atoms with Crippen molar-refractivity contribution in [2.45, 2.75) is 13.8 Å². The Morgan fingerprint density at radius 1 is 1.31 bits per heavy atom. The van der Waals surface area contributed by atoms with Gasteiger partial charge in [0, 0.05) is 36.5 Å². The Morgan fingerprint density at radius 2 is 1.92 bits per heavy atom. The van der Waals surface area contributed by atoms with Gasteiger partial charge in [0.2, 0.25) is 0 Å². The van der Waals surface area contributed by atoms with Gasteiger partial charge >= 0.3 is 11.9 Å². The van der Waals surface area contributed by atoms with E-state index in [-0.39, 0.29) is 30.1 Å². The summed E-state index contributed by atoms with van der Waals surface area (Å²) in [7, 11) is 1.88. The van der Waals surface area contributed by atoms with E-state index in [0.717, 1.165) is 12.2 Å². The molecule has 138 valence electrons. The molecule has 0 aliphatic carbocycles. The molecule has 26 heavy (non-hydrogen) atoms. The molecule has 1 aromatic rings. The van der Waals surface area contributed by atoms with Gasteiger partial charge in [0.15, 0.2) is 0 Å². The molecular weight excluding hydrogens is 336 g/mol. The summed E-state index contributed by atoms with van der Waals surface area (Å²) in [6.07, 6.45) is 1.24. The van der Waals surface area contributed by atoms with Crippen molar-refractivity contribution in [3.05, 3.63) is 41.5 Å². The smallest absolute Gasteiger partial charge is 0.349 e. The number of nitriles is 1. The number of hydrogen-bond donors (Lipinski definition) is 1. The topological polar surface area (TPSA) is 99.9 Å². The number of phenolic OH excluding ortho intramolecular Hbond substituents is 1. The standard InChI is InChI=1S/C19H22N2O5/c1-5-21(4)16-7-6-14(17(22)11-16)10-15(12-20)19(24)26-9-8-25-18(23)13(2)3/h6-7,10-11,22H,2,5,8-9H2,1,3-4H3/b15-10+. The van der Waals surface area contributed by atoms with Crippen LogP contribution in [0.3, 0.4) is 0 Å². The quantitative estimate of drug-likeness (QED) is 0.330. The van der Waals surface area contributed by atoms with Gasteiger partial charge in [0.25, 0.3) is 0 Å². The number of anilines is 1. The van der Waals surface area contributed by atoms with Crippen LogP contribution in [0.5, 0.6) is 5.75 Å². The molecule has 0 bridgehead atoms. The molecule has 0 saturated heterocycles. The van der Waals surface area contributed by atoms with Gasteiger partial charge in [-0.25, -0.2) is 9.59 Å². The third-order valence-electron chi connectivity index (χ3n) is 3.47. The molecule has 1 rings (SSSR count). The summed E-state index contributed by atoms with van der Waals surface area (Å²) in [6, 6.07) is 6.66. The van der Waals surface area contributed by atoms with Crippen LogP contribution in [-0.2, 0) is 19.1 Å². The monoisotopic (exact) mass is 358 g/mol. The van der Waals surface area contributed by atoms with Crippen LogP contribution in [0.15, 0.2) is 35.9 Å². The lowest BCUT2D eigenvalue weighted by molar-refractivity contribution is -0.147. The number of esters is 2. The lowest BCUT2D eigenvalue weighted by atomic mass is 10.1. The fourth-order valence-corrected chi connectivity index (χ4v) is 1.84. The average molecular weight is 358 g/mol. The Kier molecular flexibility index (Phi) is 7.90. The van der Waals surface area contributed by atoms with Crippen molar-refractivity contribution in [3.63, 3.8) is 0 Å². The first-order chi connectivity index (χ1) is 12.3. The van der Waals surface area contributed by atoms with Gasteiger partial charge in [0.05, 0.1) is 0 Å². The molecule has 0 amide bonds. The number of aromatic hydroxyl groups is 1. The van der Waals surface area contributed by atoms with E-state index in [1.807, 2.05) is 18.9 Å². The third-order valence-corrected chi connectivity index (χ3v) is 3.47. The van der Waals surface area contributed by atoms with Crippen LogP contribution in [0.2, 0.25) is 0 Å². The number of rotatable bonds is 8. The van der Waals surface area contributed by atoms with E-state index in [2.05, 4.69) is 6.58 Å². The summed E-state index contributed by atoms with van der Waals surface area (Å²) in [4.78, 5) is 25.1. The molecule has 1 aromatic carbocycles. The second-order valence-electron chi connectivity index (χ2n) is 5.48. The third kappa shape index (κ3) is 5.98. The largest absolute Gasteiger partial charge is 0.507 e. The zero-order chi connectivity index (χ0) is 19.7. The summed E-state index contributed by atoms with van der Waals surface area (Å²) < 4.78 is 9.68. The highest BCUT2D eigenvalue weighted by Crippen LogP contribution is 2.26. The highest BCUT2D eigenvalue weighted by Gasteiger charge is 2.13. The van der Waals surface area contributed by atoms with Gasteiger partial charge in [-0.2, -0.15) is 5.26 Å². The number of benzene rings is 1. The molecule has 0 heterocycles. The van der Waals surface area contributed by atoms with E-state index in [1.54, 1.807) is 24.3 Å². The molecule has 0 fully saturated rings. The molecule has 0 atom stereocenters. The van der Waals surface area contributed by atoms with Gasteiger partial charge in [-0.3, -0.25) is 0 Å². The van der Waals surface area contributed by atoms with Crippen LogP contribution < -0.4 is 4.90 Å². The Bertz CT molecular complexity index is 762. The van der Waals surface area contributed by atoms with Crippen molar-refractivity contribution in [1.82, 2.24) is 0 Å². The van der Waals surface area contributed by atoms with E-state index < -0.39 is 11.9 Å². The van der Waals surface area contributed by atoms with Crippen molar-refractivity contribution in [3.8, 4) is 11.8 Å². The van der Waals surface area contributed by atoms with Gasteiger partial charge in [-0.05, 0) is 32.1 Å². The summed E-state index contributed by atoms with van der Waals surface area (Å²) in [5, 5.41) is 19.2. The minimum atomic E-state index is -0.868. The maximum atomic E-state index is 11.9. The second kappa shape index (κ2) is 9.89. The van der Waals surface area contributed by atoms with E-state index in [1.165, 1.54) is 13.0 Å². The van der Waals surface area contributed by atoms with Crippen LogP contribution in [0.4, 0.5) is 5.69 Å². The van der Waals surface area contributed by atoms with Crippen molar-refractivity contribution in [2.75, 3.05) is 31.7 Å². The molecule has 0 saturated carbocycles. The minimum Gasteiger partial charge on any atom is -0.507 e. The van der Waals surface area contributed by atoms with Gasteiger partial charge in [0.1, 0.15) is 30.6 Å². The molecule has 1 N–H and O–H groups in total. The number of carbonyl (C=O) groups excluding carboxylic acids is 2. The van der Waals surface area contributed by atoms with Gasteiger partial charge in [-0.15, -0.1) is 0 Å². The van der Waals surface area contributed by atoms with E-state index in [4.69, 9.17) is 14.7 Å². The maximum absolute atomic E-state index is 11.9. The summed E-state index contributed by atoms with van der Waals surface area (Å²) in [6.45, 7) is 7.34. The molecule has 0 aromatic heterocycles. The van der Waals surface area contributed by atoms with Crippen molar-refractivity contribution >= 4 is 23.7 Å². The number of nitrogens with zero attached hydrogens (tertiary/aromatic N) is 2. The SMILES string of the molecule is C=C(C)C(=O)OCCOC(=O)/C(C#N)=C/c1ccc(N(C)CC)cc1O. The summed E-state index contributed by atoms with van der Waals surface area (Å²) in [5.74, 6) is -1.51. The van der Waals surface area contributed by atoms with Crippen LogP contribution in [0.25, 0.3) is 6.08 Å². The Balaban J connectivity index is 2.75. The van der Waals surface area contributed by atoms with Gasteiger partial charge < -0.3 is 19.5 Å². The highest BCUT2D eigenvalue weighted by atomic mass is 16.6. The fourth-order valence-electron chi connectivity index (χ4n) is 1.84. The summed E-state index contributed by atoms with van der Waals surface area (Å²) >= 11 is 0. The zero-order valence-electron chi connectivity index (χ0n) is 15.1. The molecule has 0 aliphatic heterocycles. The number of hydrogen-bond acceptors (Lipinski definition) is 7. The fraction of sp³-hybridized carbons (Fsp3) is 0.316. The first-order valence-corrected chi connectivity index (χ1v) is 7.95. The van der Waals surface area contributed by atoms with Crippen LogP contribution in [0.1, 0.15) is 19.4 Å². The number of carbonyl (C=O) groups is 2. The molecular formula is C19H22N2O5. The molecule has 7 nitrogen and oxygen atoms in total. The van der Waals surface area contributed by atoms with E-state index in [0.29, 0.717) is 5.56 Å². The molecule has 0 aliphatic rings. The molecule has 0 radical (unpaired) electrons. The Hall–Kier alpha value is -3.27. The van der Waals surface area contributed by atoms with Crippen molar-refractivity contribution in [1.29, 1.82) is 5.26 Å². The van der Waals surface area contributed by atoms with Crippen molar-refractivity contribution in [2.24, 2.45) is 0 Å². The molecule has 7 heteroatoms. The van der Waals surface area contributed by atoms with Crippen LogP contribution in [0, 0.1) is 11.3 Å². The lowest BCUT2D eigenvalue weighted by Crippen LogP contribution is -2.15. The van der Waals surface area contributed by atoms with E-state index >= 15 is 0 Å². The first-order valence-electron chi connectivity index (χ1n) is 7.95. The minimum absolute atomic E-state index is 0.0567. The normalized spacial score (nSPS) is 10.6. The Labute approximate surface area is 152 Å². The molecule has 0 spiro atoms. The first kappa shape index (κ1) is 20.8. The number of phenols is 1. The predicted molar refractivity (Wildman–Crippen MR) is 97.4 cm³/mol. The Morgan fingerprint density at radius 3 is 2.42 bits per heavy atom. The summed E-state index contributed by atoms with van der Waals surface area (Å²) in [5.41, 5.74) is 1.09. The average Bonchev–Trinajstić information content (AvgIpc) is 2.62. The lowest BCUT2D eigenvalue weighted by Gasteiger charge is -2.17. The zero-order valence-corrected chi connectivity index (χ0v) is 15.1. The van der Waals surface area contributed by atoms with Crippen molar-refractivity contribution < 1.29 is 24.2 Å².